The van der Waals surface area contributed by atoms with Gasteiger partial charge in [-0.3, -0.25) is 0 Å². The molecule has 0 bridgehead atoms. The van der Waals surface area contributed by atoms with Gasteiger partial charge in [-0.15, -0.1) is 15.8 Å². The van der Waals surface area contributed by atoms with Crippen molar-refractivity contribution in [2.75, 3.05) is 0 Å². The summed E-state index contributed by atoms with van der Waals surface area (Å²) >= 11 is 9.98. The normalized spacial score (nSPS) is 12.6. The minimum atomic E-state index is 0.552. The average molecular weight is 464 g/mol. The van der Waals surface area contributed by atoms with Gasteiger partial charge in [-0.05, 0) is 20.8 Å². The van der Waals surface area contributed by atoms with Crippen molar-refractivity contribution in [1.29, 1.82) is 0 Å². The fourth-order valence-electron chi connectivity index (χ4n) is 1.50. The first-order valence-electron chi connectivity index (χ1n) is 6.31. The van der Waals surface area contributed by atoms with Crippen LogP contribution in [0.4, 0.5) is 0 Å². The zero-order valence-corrected chi connectivity index (χ0v) is 15.7. The van der Waals surface area contributed by atoms with Crippen molar-refractivity contribution in [2.24, 2.45) is 0 Å². The van der Waals surface area contributed by atoms with Gasteiger partial charge >= 0.3 is 0 Å². The van der Waals surface area contributed by atoms with Gasteiger partial charge in [0.15, 0.2) is 0 Å². The van der Waals surface area contributed by atoms with E-state index in [2.05, 4.69) is 68.1 Å². The van der Waals surface area contributed by atoms with Gasteiger partial charge < -0.3 is 0 Å². The summed E-state index contributed by atoms with van der Waals surface area (Å²) in [6.45, 7) is 4.50. The number of allylic oxidation sites excluding steroid dienone is 1. The second-order valence-electron chi connectivity index (χ2n) is 4.17. The number of rotatable bonds is 9. The Bertz CT molecular complexity index is 207. The van der Waals surface area contributed by atoms with Crippen molar-refractivity contribution in [3.63, 3.8) is 0 Å². The number of halogens is 3. The van der Waals surface area contributed by atoms with Crippen LogP contribution in [0, 0.1) is 0 Å². The molecule has 0 unspecified atom stereocenters. The fourth-order valence-corrected chi connectivity index (χ4v) is 3.54. The Morgan fingerprint density at radius 1 is 1.06 bits per heavy atom. The molecule has 4 heteroatoms. The average Bonchev–Trinajstić information content (AvgIpc) is 2.30. The summed E-state index contributed by atoms with van der Waals surface area (Å²) in [5.41, 5.74) is 0.552. The Morgan fingerprint density at radius 3 is 2.25 bits per heavy atom. The molecule has 0 aliphatic rings. The fraction of sp³-hybridized carbons (Fsp3) is 0.833. The van der Waals surface area contributed by atoms with E-state index < -0.39 is 0 Å². The summed E-state index contributed by atoms with van der Waals surface area (Å²) in [6, 6.07) is 0. The van der Waals surface area contributed by atoms with E-state index in [0.717, 1.165) is 0 Å². The zero-order chi connectivity index (χ0) is 12.4. The standard InChI is InChI=1S/C12H22BBr2I/c1-3-5-7-8-10-13(15)12(16)11(14)9-6-4-2/h3-10H2,1-2H3/b12-11-. The Morgan fingerprint density at radius 2 is 1.69 bits per heavy atom. The number of hydrogen-bond acceptors (Lipinski definition) is 0. The molecule has 0 N–H and O–H groups in total. The van der Waals surface area contributed by atoms with Gasteiger partial charge in [0.05, 0.1) is 0 Å². The lowest BCUT2D eigenvalue weighted by Crippen LogP contribution is -2.04. The number of hydrogen-bond donors (Lipinski definition) is 0. The molecule has 0 radical (unpaired) electrons. The lowest BCUT2D eigenvalue weighted by molar-refractivity contribution is 0.700. The topological polar surface area (TPSA) is 0 Å². The van der Waals surface area contributed by atoms with Gasteiger partial charge in [0.1, 0.15) is 0 Å². The molecule has 0 aromatic rings. The van der Waals surface area contributed by atoms with E-state index in [1.807, 2.05) is 0 Å². The Balaban J connectivity index is 3.90. The number of unbranched alkanes of at least 4 members (excludes halogenated alkanes) is 4. The van der Waals surface area contributed by atoms with Crippen molar-refractivity contribution < 1.29 is 0 Å². The van der Waals surface area contributed by atoms with E-state index in [0.29, 0.717) is 5.54 Å². The lowest BCUT2D eigenvalue weighted by Gasteiger charge is -2.08. The van der Waals surface area contributed by atoms with E-state index in [1.54, 1.807) is 0 Å². The molecule has 0 saturated heterocycles. The maximum atomic E-state index is 3.79. The first kappa shape index (κ1) is 17.5. The van der Waals surface area contributed by atoms with Crippen LogP contribution >= 0.6 is 54.3 Å². The molecule has 0 atom stereocenters. The van der Waals surface area contributed by atoms with E-state index in [4.69, 9.17) is 0 Å². The predicted octanol–water partition coefficient (Wildman–Crippen LogP) is 6.72. The molecule has 0 fully saturated rings. The molecular weight excluding hydrogens is 442 g/mol. The van der Waals surface area contributed by atoms with E-state index in [1.165, 1.54) is 59.2 Å². The van der Waals surface area contributed by atoms with Crippen LogP contribution in [0.25, 0.3) is 0 Å². The largest absolute Gasteiger partial charge is 0.263 e. The van der Waals surface area contributed by atoms with Crippen LogP contribution in [0.2, 0.25) is 6.32 Å². The highest BCUT2D eigenvalue weighted by Gasteiger charge is 2.15. The van der Waals surface area contributed by atoms with Crippen LogP contribution in [0.5, 0.6) is 0 Å². The monoisotopic (exact) mass is 462 g/mol. The van der Waals surface area contributed by atoms with Crippen molar-refractivity contribution in [1.82, 2.24) is 0 Å². The quantitative estimate of drug-likeness (QED) is 0.202. The van der Waals surface area contributed by atoms with Crippen molar-refractivity contribution in [3.05, 3.63) is 7.96 Å². The molecule has 0 spiro atoms. The molecule has 0 rings (SSSR count). The molecule has 16 heavy (non-hydrogen) atoms. The van der Waals surface area contributed by atoms with Gasteiger partial charge in [-0.25, -0.2) is 0 Å². The Kier molecular flexibility index (Phi) is 12.7. The predicted molar refractivity (Wildman–Crippen MR) is 93.1 cm³/mol. The molecule has 0 aliphatic heterocycles. The summed E-state index contributed by atoms with van der Waals surface area (Å²) in [6.07, 6.45) is 10.4. The Hall–Kier alpha value is 1.49. The van der Waals surface area contributed by atoms with Gasteiger partial charge in [-0.2, -0.15) is 0 Å². The summed E-state index contributed by atoms with van der Waals surface area (Å²) in [4.78, 5) is 0. The molecule has 94 valence electrons. The van der Waals surface area contributed by atoms with Crippen LogP contribution in [0.3, 0.4) is 0 Å². The molecule has 0 aromatic heterocycles. The maximum Gasteiger partial charge on any atom is 0.263 e. The first-order chi connectivity index (χ1) is 7.63. The third kappa shape index (κ3) is 8.57. The van der Waals surface area contributed by atoms with E-state index in [-0.39, 0.29) is 0 Å². The third-order valence-electron chi connectivity index (χ3n) is 2.60. The van der Waals surface area contributed by atoms with Gasteiger partial charge in [0, 0.05) is 0 Å². The second-order valence-corrected chi connectivity index (χ2v) is 7.40. The van der Waals surface area contributed by atoms with Crippen LogP contribution in [-0.2, 0) is 0 Å². The highest BCUT2D eigenvalue weighted by molar-refractivity contribution is 14.1. The molecule has 0 aliphatic carbocycles. The van der Waals surface area contributed by atoms with Crippen LogP contribution in [-0.4, -0.2) is 5.54 Å². The SMILES string of the molecule is CCCCCCB(Br)/C(I)=C(/Br)CCCC. The zero-order valence-electron chi connectivity index (χ0n) is 10.4. The smallest absolute Gasteiger partial charge is 0.149 e. The highest BCUT2D eigenvalue weighted by atomic mass is 127. The van der Waals surface area contributed by atoms with Crippen molar-refractivity contribution in [2.45, 2.75) is 65.1 Å². The van der Waals surface area contributed by atoms with Crippen LogP contribution in [0.1, 0.15) is 58.8 Å². The first-order valence-corrected chi connectivity index (χ1v) is 9.10. The lowest BCUT2D eigenvalue weighted by atomic mass is 9.71. The summed E-state index contributed by atoms with van der Waals surface area (Å²) < 4.78 is 2.86. The maximum absolute atomic E-state index is 3.79. The van der Waals surface area contributed by atoms with E-state index >= 15 is 0 Å². The van der Waals surface area contributed by atoms with Crippen molar-refractivity contribution in [3.8, 4) is 0 Å². The molecule has 0 nitrogen and oxygen atoms in total. The minimum Gasteiger partial charge on any atom is -0.149 e. The third-order valence-corrected chi connectivity index (χ3v) is 7.33. The minimum absolute atomic E-state index is 0.552. The van der Waals surface area contributed by atoms with Gasteiger partial charge in [0.2, 0.25) is 0 Å². The highest BCUT2D eigenvalue weighted by Crippen LogP contribution is 2.30. The molecule has 0 heterocycles. The second kappa shape index (κ2) is 11.6. The molecule has 0 aromatic carbocycles. The van der Waals surface area contributed by atoms with Gasteiger partial charge in [0.25, 0.3) is 5.54 Å². The molecule has 0 saturated carbocycles. The summed E-state index contributed by atoms with van der Waals surface area (Å²) in [7, 11) is 0. The molecule has 0 amide bonds. The summed E-state index contributed by atoms with van der Waals surface area (Å²) in [5.74, 6) is 0. The van der Waals surface area contributed by atoms with Crippen LogP contribution < -0.4 is 0 Å². The Labute approximate surface area is 132 Å². The van der Waals surface area contributed by atoms with Crippen molar-refractivity contribution >= 4 is 59.8 Å². The summed E-state index contributed by atoms with van der Waals surface area (Å²) in [5, 5.41) is 0. The molecular formula is C12H22BBr2I. The van der Waals surface area contributed by atoms with E-state index in [9.17, 15) is 0 Å². The van der Waals surface area contributed by atoms with Gasteiger partial charge in [-0.1, -0.05) is 90.8 Å². The van der Waals surface area contributed by atoms with Crippen LogP contribution in [0.15, 0.2) is 7.96 Å².